The largest absolute Gasteiger partial charge is 0.495 e. The quantitative estimate of drug-likeness (QED) is 0.680. The summed E-state index contributed by atoms with van der Waals surface area (Å²) < 4.78 is 15.8. The topological polar surface area (TPSA) is 71.5 Å². The summed E-state index contributed by atoms with van der Waals surface area (Å²) in [5.74, 6) is 1.11. The molecule has 1 fully saturated rings. The van der Waals surface area contributed by atoms with Gasteiger partial charge in [0.15, 0.2) is 0 Å². The SMILES string of the molecule is COC(=O)c1ccc(OCC(O)CN2CCN(c3ccccc3OC)CC2)cc1. The molecule has 0 radical (unpaired) electrons. The Bertz CT molecular complexity index is 788. The van der Waals surface area contributed by atoms with E-state index >= 15 is 0 Å². The summed E-state index contributed by atoms with van der Waals surface area (Å²) in [6.45, 7) is 4.24. The number of benzene rings is 2. The molecule has 1 heterocycles. The molecule has 0 aliphatic carbocycles. The third-order valence-electron chi connectivity index (χ3n) is 4.98. The van der Waals surface area contributed by atoms with Crippen LogP contribution in [0, 0.1) is 0 Å². The molecule has 29 heavy (non-hydrogen) atoms. The van der Waals surface area contributed by atoms with Gasteiger partial charge in [0.2, 0.25) is 0 Å². The summed E-state index contributed by atoms with van der Waals surface area (Å²) in [4.78, 5) is 16.0. The lowest BCUT2D eigenvalue weighted by Gasteiger charge is -2.37. The highest BCUT2D eigenvalue weighted by Gasteiger charge is 2.21. The van der Waals surface area contributed by atoms with E-state index in [0.717, 1.165) is 37.6 Å². The number of ether oxygens (including phenoxy) is 3. The van der Waals surface area contributed by atoms with Crippen LogP contribution in [0.5, 0.6) is 11.5 Å². The monoisotopic (exact) mass is 400 g/mol. The number of nitrogens with zero attached hydrogens (tertiary/aromatic N) is 2. The normalized spacial score (nSPS) is 15.6. The van der Waals surface area contributed by atoms with Gasteiger partial charge in [-0.05, 0) is 36.4 Å². The molecule has 1 unspecified atom stereocenters. The van der Waals surface area contributed by atoms with Gasteiger partial charge in [0.05, 0.1) is 25.5 Å². The van der Waals surface area contributed by atoms with Gasteiger partial charge in [-0.2, -0.15) is 0 Å². The van der Waals surface area contributed by atoms with E-state index < -0.39 is 6.10 Å². The number of rotatable bonds is 8. The van der Waals surface area contributed by atoms with E-state index in [1.807, 2.05) is 18.2 Å². The first-order chi connectivity index (χ1) is 14.1. The summed E-state index contributed by atoms with van der Waals surface area (Å²) in [5, 5.41) is 10.3. The Hall–Kier alpha value is -2.77. The molecular weight excluding hydrogens is 372 g/mol. The fraction of sp³-hybridized carbons (Fsp3) is 0.409. The van der Waals surface area contributed by atoms with Crippen LogP contribution in [-0.2, 0) is 4.74 Å². The highest BCUT2D eigenvalue weighted by Crippen LogP contribution is 2.28. The van der Waals surface area contributed by atoms with Crippen molar-refractivity contribution < 1.29 is 24.1 Å². The molecule has 7 heteroatoms. The average Bonchev–Trinajstić information content (AvgIpc) is 2.78. The highest BCUT2D eigenvalue weighted by atomic mass is 16.5. The molecular formula is C22H28N2O5. The Kier molecular flexibility index (Phi) is 7.32. The molecule has 1 aliphatic rings. The molecule has 0 bridgehead atoms. The zero-order valence-corrected chi connectivity index (χ0v) is 16.9. The number of anilines is 1. The zero-order chi connectivity index (χ0) is 20.6. The Morgan fingerprint density at radius 3 is 2.38 bits per heavy atom. The number of hydrogen-bond donors (Lipinski definition) is 1. The predicted octanol–water partition coefficient (Wildman–Crippen LogP) is 2.04. The molecule has 3 rings (SSSR count). The van der Waals surface area contributed by atoms with Crippen LogP contribution >= 0.6 is 0 Å². The lowest BCUT2D eigenvalue weighted by Crippen LogP contribution is -2.49. The van der Waals surface area contributed by atoms with Gasteiger partial charge in [-0.15, -0.1) is 0 Å². The van der Waals surface area contributed by atoms with E-state index in [4.69, 9.17) is 9.47 Å². The van der Waals surface area contributed by atoms with Gasteiger partial charge in [-0.1, -0.05) is 12.1 Å². The predicted molar refractivity (Wildman–Crippen MR) is 111 cm³/mol. The number of carbonyl (C=O) groups excluding carboxylic acids is 1. The maximum atomic E-state index is 11.4. The van der Waals surface area contributed by atoms with Crippen LogP contribution in [0.3, 0.4) is 0 Å². The van der Waals surface area contributed by atoms with Gasteiger partial charge in [-0.3, -0.25) is 4.90 Å². The number of hydrogen-bond acceptors (Lipinski definition) is 7. The summed E-state index contributed by atoms with van der Waals surface area (Å²) in [6, 6.07) is 14.7. The van der Waals surface area contributed by atoms with Crippen molar-refractivity contribution in [2.24, 2.45) is 0 Å². The minimum absolute atomic E-state index is 0.199. The van der Waals surface area contributed by atoms with Gasteiger partial charge < -0.3 is 24.2 Å². The standard InChI is InChI=1S/C22H28N2O5/c1-27-21-6-4-3-5-20(21)24-13-11-23(12-14-24)15-18(25)16-29-19-9-7-17(8-10-19)22(26)28-2/h3-10,18,25H,11-16H2,1-2H3. The van der Waals surface area contributed by atoms with E-state index in [2.05, 4.69) is 20.6 Å². The van der Waals surface area contributed by atoms with E-state index in [0.29, 0.717) is 17.9 Å². The highest BCUT2D eigenvalue weighted by molar-refractivity contribution is 5.89. The molecule has 1 atom stereocenters. The Morgan fingerprint density at radius 2 is 1.72 bits per heavy atom. The van der Waals surface area contributed by atoms with E-state index in [1.54, 1.807) is 31.4 Å². The molecule has 0 amide bonds. The Labute approximate surface area is 171 Å². The van der Waals surface area contributed by atoms with Crippen molar-refractivity contribution in [1.29, 1.82) is 0 Å². The molecule has 1 N–H and O–H groups in total. The molecule has 2 aromatic carbocycles. The van der Waals surface area contributed by atoms with Crippen LogP contribution in [0.2, 0.25) is 0 Å². The van der Waals surface area contributed by atoms with Crippen molar-refractivity contribution in [3.63, 3.8) is 0 Å². The van der Waals surface area contributed by atoms with E-state index in [-0.39, 0.29) is 12.6 Å². The average molecular weight is 400 g/mol. The van der Waals surface area contributed by atoms with Gasteiger partial charge >= 0.3 is 5.97 Å². The van der Waals surface area contributed by atoms with Crippen LogP contribution in [0.4, 0.5) is 5.69 Å². The molecule has 7 nitrogen and oxygen atoms in total. The van der Waals surface area contributed by atoms with Gasteiger partial charge in [-0.25, -0.2) is 4.79 Å². The van der Waals surface area contributed by atoms with E-state index in [9.17, 15) is 9.90 Å². The summed E-state index contributed by atoms with van der Waals surface area (Å²) in [6.07, 6.45) is -0.590. The second-order valence-electron chi connectivity index (χ2n) is 6.94. The van der Waals surface area contributed by atoms with Crippen molar-refractivity contribution in [3.05, 3.63) is 54.1 Å². The van der Waals surface area contributed by atoms with Crippen molar-refractivity contribution in [2.75, 3.05) is 58.5 Å². The Morgan fingerprint density at radius 1 is 1.03 bits per heavy atom. The number of aliphatic hydroxyl groups is 1. The molecule has 0 aromatic heterocycles. The fourth-order valence-electron chi connectivity index (χ4n) is 3.41. The fourth-order valence-corrected chi connectivity index (χ4v) is 3.41. The molecule has 1 saturated heterocycles. The van der Waals surface area contributed by atoms with Gasteiger partial charge in [0.25, 0.3) is 0 Å². The van der Waals surface area contributed by atoms with Crippen LogP contribution in [-0.4, -0.2) is 75.6 Å². The number of β-amino-alcohol motifs (C(OH)–C–C–N with tert-alkyl or cyclic N) is 1. The second kappa shape index (κ2) is 10.1. The smallest absolute Gasteiger partial charge is 0.337 e. The molecule has 2 aromatic rings. The van der Waals surface area contributed by atoms with Crippen molar-refractivity contribution >= 4 is 11.7 Å². The van der Waals surface area contributed by atoms with Crippen LogP contribution < -0.4 is 14.4 Å². The first kappa shape index (κ1) is 21.0. The van der Waals surface area contributed by atoms with E-state index in [1.165, 1.54) is 7.11 Å². The number of methoxy groups -OCH3 is 2. The van der Waals surface area contributed by atoms with Crippen molar-refractivity contribution in [3.8, 4) is 11.5 Å². The van der Waals surface area contributed by atoms with Gasteiger partial charge in [0, 0.05) is 32.7 Å². The number of piperazine rings is 1. The molecule has 0 saturated carbocycles. The first-order valence-electron chi connectivity index (χ1n) is 9.70. The van der Waals surface area contributed by atoms with Crippen LogP contribution in [0.15, 0.2) is 48.5 Å². The second-order valence-corrected chi connectivity index (χ2v) is 6.94. The number of para-hydroxylation sites is 2. The summed E-state index contributed by atoms with van der Waals surface area (Å²) in [5.41, 5.74) is 1.57. The third-order valence-corrected chi connectivity index (χ3v) is 4.98. The lowest BCUT2D eigenvalue weighted by atomic mass is 10.2. The Balaban J connectivity index is 1.43. The van der Waals surface area contributed by atoms with Crippen molar-refractivity contribution in [1.82, 2.24) is 4.90 Å². The zero-order valence-electron chi connectivity index (χ0n) is 16.9. The number of esters is 1. The van der Waals surface area contributed by atoms with Gasteiger partial charge in [0.1, 0.15) is 24.2 Å². The number of aliphatic hydroxyl groups excluding tert-OH is 1. The minimum Gasteiger partial charge on any atom is -0.495 e. The molecule has 0 spiro atoms. The lowest BCUT2D eigenvalue weighted by molar-refractivity contribution is 0.0599. The first-order valence-corrected chi connectivity index (χ1v) is 9.70. The van der Waals surface area contributed by atoms with Crippen LogP contribution in [0.1, 0.15) is 10.4 Å². The van der Waals surface area contributed by atoms with Crippen molar-refractivity contribution in [2.45, 2.75) is 6.10 Å². The maximum Gasteiger partial charge on any atom is 0.337 e. The summed E-state index contributed by atoms with van der Waals surface area (Å²) in [7, 11) is 3.04. The summed E-state index contributed by atoms with van der Waals surface area (Å²) >= 11 is 0. The third kappa shape index (κ3) is 5.62. The molecule has 156 valence electrons. The van der Waals surface area contributed by atoms with Crippen LogP contribution in [0.25, 0.3) is 0 Å². The molecule has 1 aliphatic heterocycles. The minimum atomic E-state index is -0.590. The number of carbonyl (C=O) groups is 1. The maximum absolute atomic E-state index is 11.4.